The summed E-state index contributed by atoms with van der Waals surface area (Å²) >= 11 is 0. The maximum atomic E-state index is 13.6. The van der Waals surface area contributed by atoms with Gasteiger partial charge >= 0.3 is 6.18 Å². The van der Waals surface area contributed by atoms with E-state index in [4.69, 9.17) is 9.47 Å². The van der Waals surface area contributed by atoms with Crippen LogP contribution in [0, 0.1) is 5.82 Å². The number of carbonyl (C=O) groups excluding carboxylic acids is 1. The van der Waals surface area contributed by atoms with Crippen LogP contribution in [0.5, 0.6) is 11.5 Å². The van der Waals surface area contributed by atoms with Gasteiger partial charge in [0.2, 0.25) is 0 Å². The van der Waals surface area contributed by atoms with Gasteiger partial charge in [0, 0.05) is 23.2 Å². The van der Waals surface area contributed by atoms with E-state index >= 15 is 0 Å². The number of hydrogen-bond donors (Lipinski definition) is 2. The van der Waals surface area contributed by atoms with Gasteiger partial charge < -0.3 is 19.8 Å². The summed E-state index contributed by atoms with van der Waals surface area (Å²) in [4.78, 5) is 20.0. The third-order valence-corrected chi connectivity index (χ3v) is 5.44. The Hall–Kier alpha value is -4.34. The number of H-pyrrole nitrogens is 1. The Balaban J connectivity index is 1.45. The van der Waals surface area contributed by atoms with E-state index in [1.807, 2.05) is 6.07 Å². The Morgan fingerprint density at radius 3 is 2.42 bits per heavy atom. The molecule has 0 unspecified atom stereocenters. The molecular formula is C26H21F4N3O3. The smallest absolute Gasteiger partial charge is 0.416 e. The topological polar surface area (TPSA) is 76.2 Å². The fraction of sp³-hybridized carbons (Fsp3) is 0.154. The van der Waals surface area contributed by atoms with Crippen LogP contribution in [0.3, 0.4) is 0 Å². The molecule has 6 nitrogen and oxygen atoms in total. The Kier molecular flexibility index (Phi) is 6.96. The number of nitrogens with one attached hydrogen (secondary N) is 2. The number of ether oxygens (including phenoxy) is 2. The number of aromatic amines is 1. The predicted molar refractivity (Wildman–Crippen MR) is 125 cm³/mol. The summed E-state index contributed by atoms with van der Waals surface area (Å²) in [6.07, 6.45) is -3.08. The Labute approximate surface area is 203 Å². The summed E-state index contributed by atoms with van der Waals surface area (Å²) in [5.41, 5.74) is 1.35. The first-order valence-corrected chi connectivity index (χ1v) is 10.7. The molecule has 0 spiro atoms. The van der Waals surface area contributed by atoms with Crippen molar-refractivity contribution >= 4 is 5.91 Å². The highest BCUT2D eigenvalue weighted by atomic mass is 19.4. The SMILES string of the molecule is COc1ccc(OC)c(-c2cnc(-c3ccc(CNC(=O)c4cc(F)cc(C(F)(F)F)c4)cc3)[nH]2)c1. The van der Waals surface area contributed by atoms with Crippen LogP contribution in [0.25, 0.3) is 22.6 Å². The third kappa shape index (κ3) is 5.48. The first-order chi connectivity index (χ1) is 17.2. The fourth-order valence-corrected chi connectivity index (χ4v) is 3.58. The molecule has 2 N–H and O–H groups in total. The molecular weight excluding hydrogens is 478 g/mol. The third-order valence-electron chi connectivity index (χ3n) is 5.44. The summed E-state index contributed by atoms with van der Waals surface area (Å²) in [5, 5.41) is 2.51. The van der Waals surface area contributed by atoms with Gasteiger partial charge in [-0.05, 0) is 42.0 Å². The van der Waals surface area contributed by atoms with E-state index in [0.717, 1.165) is 22.9 Å². The van der Waals surface area contributed by atoms with Gasteiger partial charge in [-0.15, -0.1) is 0 Å². The predicted octanol–water partition coefficient (Wildman–Crippen LogP) is 5.85. The zero-order valence-corrected chi connectivity index (χ0v) is 19.2. The number of methoxy groups -OCH3 is 2. The lowest BCUT2D eigenvalue weighted by Gasteiger charge is -2.10. The van der Waals surface area contributed by atoms with Crippen molar-refractivity contribution in [1.29, 1.82) is 0 Å². The molecule has 10 heteroatoms. The minimum absolute atomic E-state index is 0.0430. The van der Waals surface area contributed by atoms with Crippen LogP contribution in [0.15, 0.2) is 66.9 Å². The quantitative estimate of drug-likeness (QED) is 0.313. The summed E-state index contributed by atoms with van der Waals surface area (Å²) in [6.45, 7) is 0.0430. The van der Waals surface area contributed by atoms with Gasteiger partial charge in [0.15, 0.2) is 0 Å². The normalized spacial score (nSPS) is 11.3. The van der Waals surface area contributed by atoms with Crippen molar-refractivity contribution in [3.63, 3.8) is 0 Å². The van der Waals surface area contributed by atoms with E-state index in [-0.39, 0.29) is 6.54 Å². The lowest BCUT2D eigenvalue weighted by atomic mass is 10.1. The van der Waals surface area contributed by atoms with E-state index in [0.29, 0.717) is 35.0 Å². The number of nitrogens with zero attached hydrogens (tertiary/aromatic N) is 1. The molecule has 0 saturated heterocycles. The minimum atomic E-state index is -4.75. The van der Waals surface area contributed by atoms with Gasteiger partial charge in [0.1, 0.15) is 23.1 Å². The van der Waals surface area contributed by atoms with E-state index < -0.39 is 29.0 Å². The van der Waals surface area contributed by atoms with Gasteiger partial charge in [-0.2, -0.15) is 13.2 Å². The van der Waals surface area contributed by atoms with Crippen molar-refractivity contribution in [3.8, 4) is 34.1 Å². The fourth-order valence-electron chi connectivity index (χ4n) is 3.58. The molecule has 1 heterocycles. The molecule has 3 aromatic carbocycles. The average Bonchev–Trinajstić information content (AvgIpc) is 3.36. The van der Waals surface area contributed by atoms with Crippen LogP contribution in [0.2, 0.25) is 0 Å². The van der Waals surface area contributed by atoms with Gasteiger partial charge in [-0.1, -0.05) is 24.3 Å². The Bertz CT molecular complexity index is 1380. The van der Waals surface area contributed by atoms with E-state index in [1.54, 1.807) is 56.8 Å². The number of aromatic nitrogens is 2. The molecule has 186 valence electrons. The average molecular weight is 499 g/mol. The second kappa shape index (κ2) is 10.1. The zero-order chi connectivity index (χ0) is 25.9. The number of rotatable bonds is 7. The lowest BCUT2D eigenvalue weighted by molar-refractivity contribution is -0.137. The number of imidazole rings is 1. The highest BCUT2D eigenvalue weighted by molar-refractivity contribution is 5.94. The first kappa shape index (κ1) is 24.8. The molecule has 0 aliphatic rings. The number of carbonyl (C=O) groups is 1. The Morgan fingerprint density at radius 1 is 1.00 bits per heavy atom. The van der Waals surface area contributed by atoms with Gasteiger partial charge in [0.05, 0.1) is 31.7 Å². The van der Waals surface area contributed by atoms with Crippen LogP contribution in [-0.2, 0) is 12.7 Å². The molecule has 36 heavy (non-hydrogen) atoms. The number of benzene rings is 3. The highest BCUT2D eigenvalue weighted by Gasteiger charge is 2.32. The highest BCUT2D eigenvalue weighted by Crippen LogP contribution is 2.33. The van der Waals surface area contributed by atoms with Crippen molar-refractivity contribution in [1.82, 2.24) is 15.3 Å². The molecule has 0 aliphatic carbocycles. The second-order valence-electron chi connectivity index (χ2n) is 7.82. The molecule has 0 aliphatic heterocycles. The molecule has 0 fully saturated rings. The molecule has 1 aromatic heterocycles. The monoisotopic (exact) mass is 499 g/mol. The summed E-state index contributed by atoms with van der Waals surface area (Å²) < 4.78 is 63.0. The van der Waals surface area contributed by atoms with Gasteiger partial charge in [-0.25, -0.2) is 9.37 Å². The number of amides is 1. The molecule has 4 rings (SSSR count). The van der Waals surface area contributed by atoms with Crippen molar-refractivity contribution in [2.24, 2.45) is 0 Å². The van der Waals surface area contributed by atoms with Crippen LogP contribution < -0.4 is 14.8 Å². The Morgan fingerprint density at radius 2 is 1.75 bits per heavy atom. The maximum Gasteiger partial charge on any atom is 0.416 e. The molecule has 0 bridgehead atoms. The van der Waals surface area contributed by atoms with Gasteiger partial charge in [-0.3, -0.25) is 4.79 Å². The molecule has 1 amide bonds. The van der Waals surface area contributed by atoms with Crippen LogP contribution in [0.1, 0.15) is 21.5 Å². The van der Waals surface area contributed by atoms with Crippen molar-refractivity contribution in [2.75, 3.05) is 14.2 Å². The van der Waals surface area contributed by atoms with Crippen LogP contribution in [-0.4, -0.2) is 30.1 Å². The lowest BCUT2D eigenvalue weighted by Crippen LogP contribution is -2.23. The minimum Gasteiger partial charge on any atom is -0.497 e. The van der Waals surface area contributed by atoms with E-state index in [9.17, 15) is 22.4 Å². The molecule has 0 radical (unpaired) electrons. The van der Waals surface area contributed by atoms with E-state index in [2.05, 4.69) is 15.3 Å². The number of halogens is 4. The van der Waals surface area contributed by atoms with Crippen LogP contribution in [0.4, 0.5) is 17.6 Å². The van der Waals surface area contributed by atoms with Gasteiger partial charge in [0.25, 0.3) is 5.91 Å². The summed E-state index contributed by atoms with van der Waals surface area (Å²) in [7, 11) is 3.15. The first-order valence-electron chi connectivity index (χ1n) is 10.7. The number of alkyl halides is 3. The summed E-state index contributed by atoms with van der Waals surface area (Å²) in [6, 6.07) is 14.2. The van der Waals surface area contributed by atoms with Crippen molar-refractivity contribution in [2.45, 2.75) is 12.7 Å². The maximum absolute atomic E-state index is 13.6. The standard InChI is InChI=1S/C26H21F4N3O3/c1-35-20-7-8-23(36-2)21(12-20)22-14-31-24(33-22)16-5-3-15(4-6-16)13-32-25(34)17-9-18(26(28,29)30)11-19(27)10-17/h3-12,14H,13H2,1-2H3,(H,31,33)(H,32,34). The summed E-state index contributed by atoms with van der Waals surface area (Å²) in [5.74, 6) is -0.0282. The molecule has 4 aromatic rings. The molecule has 0 atom stereocenters. The molecule has 0 saturated carbocycles. The van der Waals surface area contributed by atoms with Crippen molar-refractivity contribution < 1.29 is 31.8 Å². The number of hydrogen-bond acceptors (Lipinski definition) is 4. The van der Waals surface area contributed by atoms with Crippen LogP contribution >= 0.6 is 0 Å². The zero-order valence-electron chi connectivity index (χ0n) is 19.2. The largest absolute Gasteiger partial charge is 0.497 e. The van der Waals surface area contributed by atoms with E-state index in [1.165, 1.54) is 0 Å². The van der Waals surface area contributed by atoms with Crippen molar-refractivity contribution in [3.05, 3.63) is 89.4 Å². The second-order valence-corrected chi connectivity index (χ2v) is 7.82.